The second kappa shape index (κ2) is 10.1. The Labute approximate surface area is 154 Å². The number of morpholine rings is 1. The summed E-state index contributed by atoms with van der Waals surface area (Å²) in [5.41, 5.74) is 0.853. The van der Waals surface area contributed by atoms with Crippen molar-refractivity contribution in [3.8, 4) is 0 Å². The molecule has 0 saturated carbocycles. The molecule has 1 atom stereocenters. The molecule has 1 aliphatic heterocycles. The predicted molar refractivity (Wildman–Crippen MR) is 102 cm³/mol. The molecular weight excluding hydrogens is 334 g/mol. The zero-order valence-corrected chi connectivity index (χ0v) is 15.7. The molecule has 1 aromatic carbocycles. The minimum Gasteiger partial charge on any atom is -0.378 e. The van der Waals surface area contributed by atoms with Gasteiger partial charge in [-0.3, -0.25) is 14.9 Å². The second-order valence-electron chi connectivity index (χ2n) is 6.63. The fraction of sp³-hybridized carbons (Fsp3) is 0.632. The number of hydrogen-bond donors (Lipinski definition) is 1. The summed E-state index contributed by atoms with van der Waals surface area (Å²) >= 11 is 0. The van der Waals surface area contributed by atoms with Gasteiger partial charge in [0.05, 0.1) is 18.1 Å². The number of carbonyl (C=O) groups excluding carboxylic acids is 1. The van der Waals surface area contributed by atoms with E-state index in [1.165, 1.54) is 6.07 Å². The Morgan fingerprint density at radius 3 is 2.65 bits per heavy atom. The monoisotopic (exact) mass is 363 g/mol. The predicted octanol–water partition coefficient (Wildman–Crippen LogP) is 3.52. The summed E-state index contributed by atoms with van der Waals surface area (Å²) in [6.07, 6.45) is 5.14. The van der Waals surface area contributed by atoms with E-state index in [2.05, 4.69) is 12.2 Å². The number of carbonyl (C=O) groups is 1. The topological polar surface area (TPSA) is 84.7 Å². The molecule has 7 heteroatoms. The Morgan fingerprint density at radius 1 is 1.31 bits per heavy atom. The van der Waals surface area contributed by atoms with Crippen LogP contribution in [-0.2, 0) is 4.74 Å². The molecule has 0 radical (unpaired) electrons. The Balaban J connectivity index is 2.12. The second-order valence-corrected chi connectivity index (χ2v) is 6.63. The van der Waals surface area contributed by atoms with Gasteiger partial charge < -0.3 is 15.0 Å². The van der Waals surface area contributed by atoms with Crippen LogP contribution in [0.15, 0.2) is 18.2 Å². The van der Waals surface area contributed by atoms with Gasteiger partial charge in [0.25, 0.3) is 11.6 Å². The van der Waals surface area contributed by atoms with Crippen LogP contribution in [-0.4, -0.2) is 43.2 Å². The minimum absolute atomic E-state index is 0.0291. The number of hydrogen-bond acceptors (Lipinski definition) is 5. The highest BCUT2D eigenvalue weighted by Gasteiger charge is 2.23. The number of ether oxygens (including phenoxy) is 1. The van der Waals surface area contributed by atoms with Gasteiger partial charge in [-0.15, -0.1) is 0 Å². The van der Waals surface area contributed by atoms with E-state index in [1.54, 1.807) is 12.1 Å². The van der Waals surface area contributed by atoms with E-state index in [4.69, 9.17) is 4.74 Å². The smallest absolute Gasteiger partial charge is 0.293 e. The van der Waals surface area contributed by atoms with E-state index in [0.29, 0.717) is 37.6 Å². The summed E-state index contributed by atoms with van der Waals surface area (Å²) in [4.78, 5) is 25.6. The van der Waals surface area contributed by atoms with Crippen LogP contribution in [0.3, 0.4) is 0 Å². The van der Waals surface area contributed by atoms with Gasteiger partial charge in [0, 0.05) is 30.8 Å². The maximum Gasteiger partial charge on any atom is 0.293 e. The van der Waals surface area contributed by atoms with Gasteiger partial charge in [-0.1, -0.05) is 33.1 Å². The Hall–Kier alpha value is -2.15. The van der Waals surface area contributed by atoms with E-state index in [9.17, 15) is 14.9 Å². The van der Waals surface area contributed by atoms with Crippen molar-refractivity contribution in [2.24, 2.45) is 0 Å². The number of amides is 1. The van der Waals surface area contributed by atoms with E-state index in [1.807, 2.05) is 11.8 Å². The molecule has 1 aromatic rings. The fourth-order valence-electron chi connectivity index (χ4n) is 3.17. The molecule has 1 amide bonds. The SMILES string of the molecule is CCCCCC(CC)NC(=O)c1ccc(N2CCOCC2)c([N+](=O)[O-])c1. The van der Waals surface area contributed by atoms with Crippen molar-refractivity contribution in [2.75, 3.05) is 31.2 Å². The van der Waals surface area contributed by atoms with Gasteiger partial charge in [0.1, 0.15) is 5.69 Å². The Kier molecular flexibility index (Phi) is 7.84. The van der Waals surface area contributed by atoms with E-state index < -0.39 is 4.92 Å². The van der Waals surface area contributed by atoms with Crippen molar-refractivity contribution >= 4 is 17.3 Å². The molecule has 1 heterocycles. The number of rotatable bonds is 9. The molecule has 1 N–H and O–H groups in total. The first-order valence-electron chi connectivity index (χ1n) is 9.48. The standard InChI is InChI=1S/C19H29N3O4/c1-3-5-6-7-16(4-2)20-19(23)15-8-9-17(18(14-15)22(24)25)21-10-12-26-13-11-21/h8-9,14,16H,3-7,10-13H2,1-2H3,(H,20,23). The molecule has 0 aromatic heterocycles. The highest BCUT2D eigenvalue weighted by molar-refractivity contribution is 5.96. The van der Waals surface area contributed by atoms with E-state index >= 15 is 0 Å². The van der Waals surface area contributed by atoms with Crippen LogP contribution in [0, 0.1) is 10.1 Å². The molecule has 1 aliphatic rings. The molecule has 144 valence electrons. The number of benzene rings is 1. The summed E-state index contributed by atoms with van der Waals surface area (Å²) in [7, 11) is 0. The van der Waals surface area contributed by atoms with E-state index in [0.717, 1.165) is 32.1 Å². The molecule has 1 fully saturated rings. The Bertz CT molecular complexity index is 615. The first-order chi connectivity index (χ1) is 12.6. The lowest BCUT2D eigenvalue weighted by atomic mass is 10.1. The van der Waals surface area contributed by atoms with Gasteiger partial charge in [-0.2, -0.15) is 0 Å². The number of nitro benzene ring substituents is 1. The average Bonchev–Trinajstić information content (AvgIpc) is 2.67. The normalized spacial score (nSPS) is 15.5. The first-order valence-corrected chi connectivity index (χ1v) is 9.48. The number of nitrogens with zero attached hydrogens (tertiary/aromatic N) is 2. The molecule has 7 nitrogen and oxygen atoms in total. The maximum atomic E-state index is 12.5. The number of nitrogens with one attached hydrogen (secondary N) is 1. The van der Waals surface area contributed by atoms with Crippen molar-refractivity contribution in [3.63, 3.8) is 0 Å². The largest absolute Gasteiger partial charge is 0.378 e. The molecule has 1 saturated heterocycles. The lowest BCUT2D eigenvalue weighted by Gasteiger charge is -2.28. The number of nitro groups is 1. The lowest BCUT2D eigenvalue weighted by Crippen LogP contribution is -2.37. The van der Waals surface area contributed by atoms with Crippen molar-refractivity contribution in [2.45, 2.75) is 52.0 Å². The summed E-state index contributed by atoms with van der Waals surface area (Å²) in [6, 6.07) is 4.84. The zero-order valence-electron chi connectivity index (χ0n) is 15.7. The number of unbranched alkanes of at least 4 members (excludes halogenated alkanes) is 2. The third kappa shape index (κ3) is 5.42. The van der Waals surface area contributed by atoms with Crippen LogP contribution < -0.4 is 10.2 Å². The van der Waals surface area contributed by atoms with Gasteiger partial charge in [-0.05, 0) is 25.0 Å². The van der Waals surface area contributed by atoms with Crippen LogP contribution in [0.4, 0.5) is 11.4 Å². The van der Waals surface area contributed by atoms with Crippen LogP contribution >= 0.6 is 0 Å². The quantitative estimate of drug-likeness (QED) is 0.412. The van der Waals surface area contributed by atoms with Crippen LogP contribution in [0.2, 0.25) is 0 Å². The first kappa shape index (κ1) is 20.2. The van der Waals surface area contributed by atoms with Crippen molar-refractivity contribution in [3.05, 3.63) is 33.9 Å². The summed E-state index contributed by atoms with van der Waals surface area (Å²) < 4.78 is 5.30. The molecule has 26 heavy (non-hydrogen) atoms. The van der Waals surface area contributed by atoms with Crippen molar-refractivity contribution < 1.29 is 14.5 Å². The third-order valence-electron chi connectivity index (χ3n) is 4.77. The molecule has 0 aliphatic carbocycles. The summed E-state index contributed by atoms with van der Waals surface area (Å²) in [6.45, 7) is 6.52. The molecule has 2 rings (SSSR count). The average molecular weight is 363 g/mol. The lowest BCUT2D eigenvalue weighted by molar-refractivity contribution is -0.384. The van der Waals surface area contributed by atoms with Gasteiger partial charge in [0.15, 0.2) is 0 Å². The molecule has 1 unspecified atom stereocenters. The van der Waals surface area contributed by atoms with Crippen molar-refractivity contribution in [1.29, 1.82) is 0 Å². The van der Waals surface area contributed by atoms with E-state index in [-0.39, 0.29) is 17.6 Å². The highest BCUT2D eigenvalue weighted by Crippen LogP contribution is 2.30. The Morgan fingerprint density at radius 2 is 2.04 bits per heavy atom. The fourth-order valence-corrected chi connectivity index (χ4v) is 3.17. The highest BCUT2D eigenvalue weighted by atomic mass is 16.6. The van der Waals surface area contributed by atoms with Gasteiger partial charge >= 0.3 is 0 Å². The molecule has 0 spiro atoms. The molecular formula is C19H29N3O4. The zero-order chi connectivity index (χ0) is 18.9. The van der Waals surface area contributed by atoms with Crippen LogP contribution in [0.25, 0.3) is 0 Å². The maximum absolute atomic E-state index is 12.5. The van der Waals surface area contributed by atoms with Crippen LogP contribution in [0.5, 0.6) is 0 Å². The third-order valence-corrected chi connectivity index (χ3v) is 4.77. The van der Waals surface area contributed by atoms with Crippen molar-refractivity contribution in [1.82, 2.24) is 5.32 Å². The minimum atomic E-state index is -0.417. The van der Waals surface area contributed by atoms with Crippen LogP contribution in [0.1, 0.15) is 56.3 Å². The number of anilines is 1. The molecule has 0 bridgehead atoms. The van der Waals surface area contributed by atoms with Gasteiger partial charge in [-0.25, -0.2) is 0 Å². The summed E-state index contributed by atoms with van der Waals surface area (Å²) in [5.74, 6) is -0.245. The van der Waals surface area contributed by atoms with Gasteiger partial charge in [0.2, 0.25) is 0 Å². The summed E-state index contributed by atoms with van der Waals surface area (Å²) in [5, 5.41) is 14.5.